The Hall–Kier alpha value is -4.33. The van der Waals surface area contributed by atoms with Gasteiger partial charge in [-0.25, -0.2) is 4.79 Å². The molecule has 3 aromatic rings. The van der Waals surface area contributed by atoms with Crippen LogP contribution < -0.4 is 0 Å². The average Bonchev–Trinajstić information content (AvgIpc) is 3.04. The number of ketones is 1. The largest absolute Gasteiger partial charge is 0.328 e. The normalized spacial score (nSPS) is 15.8. The van der Waals surface area contributed by atoms with Crippen molar-refractivity contribution in [2.75, 3.05) is 6.54 Å². The number of rotatable bonds is 7. The zero-order chi connectivity index (χ0) is 22.7. The molecule has 4 rings (SSSR count). The minimum Gasteiger partial charge on any atom is -0.304 e. The van der Waals surface area contributed by atoms with Crippen molar-refractivity contribution in [3.05, 3.63) is 112 Å². The van der Waals surface area contributed by atoms with Gasteiger partial charge in [-0.2, -0.15) is 0 Å². The second kappa shape index (κ2) is 8.81. The fourth-order valence-corrected chi connectivity index (χ4v) is 3.71. The summed E-state index contributed by atoms with van der Waals surface area (Å²) in [6.45, 7) is -0.292. The topological polar surface area (TPSA) is 101 Å². The summed E-state index contributed by atoms with van der Waals surface area (Å²) in [4.78, 5) is 52.0. The molecule has 8 heteroatoms. The molecule has 1 saturated heterocycles. The van der Waals surface area contributed by atoms with Gasteiger partial charge in [-0.3, -0.25) is 24.6 Å². The highest BCUT2D eigenvalue weighted by molar-refractivity contribution is 6.09. The van der Waals surface area contributed by atoms with Crippen LogP contribution in [0.5, 0.6) is 0 Å². The maximum Gasteiger partial charge on any atom is 0.328 e. The van der Waals surface area contributed by atoms with Crippen LogP contribution in [0.3, 0.4) is 0 Å². The molecule has 160 valence electrons. The van der Waals surface area contributed by atoms with Crippen molar-refractivity contribution in [1.82, 2.24) is 9.80 Å². The van der Waals surface area contributed by atoms with E-state index in [-0.39, 0.29) is 17.8 Å². The Morgan fingerprint density at radius 2 is 1.56 bits per heavy atom. The van der Waals surface area contributed by atoms with Crippen molar-refractivity contribution < 1.29 is 19.3 Å². The highest BCUT2D eigenvalue weighted by atomic mass is 16.6. The van der Waals surface area contributed by atoms with E-state index < -0.39 is 35.2 Å². The lowest BCUT2D eigenvalue weighted by Gasteiger charge is -2.22. The van der Waals surface area contributed by atoms with Gasteiger partial charge < -0.3 is 4.90 Å². The summed E-state index contributed by atoms with van der Waals surface area (Å²) >= 11 is 0. The first-order chi connectivity index (χ1) is 15.5. The van der Waals surface area contributed by atoms with Gasteiger partial charge >= 0.3 is 6.03 Å². The van der Waals surface area contributed by atoms with E-state index in [9.17, 15) is 24.5 Å². The quantitative estimate of drug-likeness (QED) is 0.245. The molecule has 1 unspecified atom stereocenters. The molecule has 8 nitrogen and oxygen atoms in total. The van der Waals surface area contributed by atoms with Crippen LogP contribution in [0.1, 0.15) is 27.5 Å². The van der Waals surface area contributed by atoms with Gasteiger partial charge in [-0.1, -0.05) is 72.8 Å². The van der Waals surface area contributed by atoms with Crippen molar-refractivity contribution in [2.24, 2.45) is 0 Å². The summed E-state index contributed by atoms with van der Waals surface area (Å²) in [5.41, 5.74) is 1.33. The average molecular weight is 429 g/mol. The van der Waals surface area contributed by atoms with Gasteiger partial charge in [0.2, 0.25) is 0 Å². The SMILES string of the molecule is O=C(CN1C(=O)C(c2ccccc2)N(Cc2ccccc2)C1=O)c1cccc([N+](=O)[O-])c1. The van der Waals surface area contributed by atoms with Crippen molar-refractivity contribution in [3.8, 4) is 0 Å². The Morgan fingerprint density at radius 1 is 0.906 bits per heavy atom. The Balaban J connectivity index is 1.63. The van der Waals surface area contributed by atoms with E-state index in [1.54, 1.807) is 24.3 Å². The first kappa shape index (κ1) is 20.9. The van der Waals surface area contributed by atoms with Crippen LogP contribution >= 0.6 is 0 Å². The number of nitro benzene ring substituents is 1. The van der Waals surface area contributed by atoms with E-state index in [0.717, 1.165) is 16.5 Å². The van der Waals surface area contributed by atoms with Gasteiger partial charge in [-0.05, 0) is 11.1 Å². The van der Waals surface area contributed by atoms with Gasteiger partial charge in [0.05, 0.1) is 11.5 Å². The second-order valence-corrected chi connectivity index (χ2v) is 7.36. The molecule has 0 radical (unpaired) electrons. The third-order valence-corrected chi connectivity index (χ3v) is 5.28. The molecule has 0 spiro atoms. The number of Topliss-reactive ketones (excluding diaryl/α,β-unsaturated/α-hetero) is 1. The Bertz CT molecular complexity index is 1180. The lowest BCUT2D eigenvalue weighted by Crippen LogP contribution is -2.36. The van der Waals surface area contributed by atoms with Gasteiger partial charge in [0.25, 0.3) is 11.6 Å². The van der Waals surface area contributed by atoms with E-state index in [1.807, 2.05) is 36.4 Å². The highest BCUT2D eigenvalue weighted by Crippen LogP contribution is 2.32. The first-order valence-electron chi connectivity index (χ1n) is 9.94. The molecule has 0 N–H and O–H groups in total. The molecule has 1 fully saturated rings. The number of hydrogen-bond acceptors (Lipinski definition) is 5. The molecule has 0 aromatic heterocycles. The molecular formula is C24H19N3O5. The van der Waals surface area contributed by atoms with Crippen molar-refractivity contribution in [1.29, 1.82) is 0 Å². The third-order valence-electron chi connectivity index (χ3n) is 5.28. The van der Waals surface area contributed by atoms with Crippen LogP contribution in [0.15, 0.2) is 84.9 Å². The van der Waals surface area contributed by atoms with Crippen LogP contribution in [0.4, 0.5) is 10.5 Å². The zero-order valence-electron chi connectivity index (χ0n) is 17.0. The predicted octanol–water partition coefficient (Wildman–Crippen LogP) is 3.98. The Kier molecular flexibility index (Phi) is 5.76. The van der Waals surface area contributed by atoms with Gasteiger partial charge in [0, 0.05) is 24.2 Å². The van der Waals surface area contributed by atoms with E-state index in [0.29, 0.717) is 5.56 Å². The second-order valence-electron chi connectivity index (χ2n) is 7.36. The van der Waals surface area contributed by atoms with Crippen LogP contribution in [0, 0.1) is 10.1 Å². The molecule has 3 aromatic carbocycles. The molecule has 1 heterocycles. The highest BCUT2D eigenvalue weighted by Gasteiger charge is 2.46. The van der Waals surface area contributed by atoms with E-state index in [1.165, 1.54) is 23.1 Å². The number of imide groups is 1. The predicted molar refractivity (Wildman–Crippen MR) is 116 cm³/mol. The number of amides is 3. The summed E-state index contributed by atoms with van der Waals surface area (Å²) < 4.78 is 0. The maximum atomic E-state index is 13.3. The summed E-state index contributed by atoms with van der Waals surface area (Å²) in [6, 6.07) is 22.0. The third kappa shape index (κ3) is 4.11. The minimum atomic E-state index is -0.859. The van der Waals surface area contributed by atoms with Crippen molar-refractivity contribution >= 4 is 23.4 Å². The van der Waals surface area contributed by atoms with Crippen LogP contribution in [0.25, 0.3) is 0 Å². The fourth-order valence-electron chi connectivity index (χ4n) is 3.71. The molecule has 3 amide bonds. The molecule has 1 atom stereocenters. The fraction of sp³-hybridized carbons (Fsp3) is 0.125. The first-order valence-corrected chi connectivity index (χ1v) is 9.94. The zero-order valence-corrected chi connectivity index (χ0v) is 17.0. The number of urea groups is 1. The molecule has 0 bridgehead atoms. The van der Waals surface area contributed by atoms with E-state index in [4.69, 9.17) is 0 Å². The molecule has 1 aliphatic heterocycles. The summed E-state index contributed by atoms with van der Waals surface area (Å²) in [5, 5.41) is 11.0. The van der Waals surface area contributed by atoms with Crippen LogP contribution in [-0.4, -0.2) is 39.0 Å². The maximum absolute atomic E-state index is 13.3. The van der Waals surface area contributed by atoms with E-state index >= 15 is 0 Å². The van der Waals surface area contributed by atoms with Crippen LogP contribution in [0.2, 0.25) is 0 Å². The molecule has 0 saturated carbocycles. The minimum absolute atomic E-state index is 0.0672. The van der Waals surface area contributed by atoms with E-state index in [2.05, 4.69) is 0 Å². The van der Waals surface area contributed by atoms with Crippen molar-refractivity contribution in [2.45, 2.75) is 12.6 Å². The number of carbonyl (C=O) groups is 3. The Morgan fingerprint density at radius 3 is 2.22 bits per heavy atom. The number of nitrogens with zero attached hydrogens (tertiary/aromatic N) is 3. The number of carbonyl (C=O) groups excluding carboxylic acids is 3. The van der Waals surface area contributed by atoms with Gasteiger partial charge in [0.15, 0.2) is 5.78 Å². The molecule has 32 heavy (non-hydrogen) atoms. The smallest absolute Gasteiger partial charge is 0.304 e. The standard InChI is InChI=1S/C24H19N3O5/c28-21(19-12-7-13-20(14-19)27(31)32)16-26-23(29)22(18-10-5-2-6-11-18)25(24(26)30)15-17-8-3-1-4-9-17/h1-14,22H,15-16H2. The number of nitro groups is 1. The van der Waals surface area contributed by atoms with Crippen LogP contribution in [-0.2, 0) is 11.3 Å². The summed E-state index contributed by atoms with van der Waals surface area (Å²) in [7, 11) is 0. The number of non-ortho nitro benzene ring substituents is 1. The number of hydrogen-bond donors (Lipinski definition) is 0. The van der Waals surface area contributed by atoms with Gasteiger partial charge in [0.1, 0.15) is 6.04 Å². The molecule has 0 aliphatic carbocycles. The Labute approximate surface area is 183 Å². The van der Waals surface area contributed by atoms with Crippen molar-refractivity contribution in [3.63, 3.8) is 0 Å². The lowest BCUT2D eigenvalue weighted by atomic mass is 10.0. The molecule has 1 aliphatic rings. The summed E-state index contributed by atoms with van der Waals surface area (Å²) in [6.07, 6.45) is 0. The number of benzene rings is 3. The monoisotopic (exact) mass is 429 g/mol. The van der Waals surface area contributed by atoms with Gasteiger partial charge in [-0.15, -0.1) is 0 Å². The lowest BCUT2D eigenvalue weighted by molar-refractivity contribution is -0.384. The molecular weight excluding hydrogens is 410 g/mol. The summed E-state index contributed by atoms with van der Waals surface area (Å²) in [5.74, 6) is -1.06.